The average Bonchev–Trinajstić information content (AvgIpc) is 2.66. The number of fused-ring (bicyclic) bond motifs is 1. The van der Waals surface area contributed by atoms with Crippen molar-refractivity contribution in [3.8, 4) is 0 Å². The van der Waals surface area contributed by atoms with Gasteiger partial charge in [0, 0.05) is 6.04 Å². The molecule has 18 heavy (non-hydrogen) atoms. The highest BCUT2D eigenvalue weighted by Crippen LogP contribution is 2.33. The van der Waals surface area contributed by atoms with Crippen molar-refractivity contribution in [3.05, 3.63) is 24.0 Å². The Morgan fingerprint density at radius 3 is 2.44 bits per heavy atom. The van der Waals surface area contributed by atoms with Crippen LogP contribution in [-0.4, -0.2) is 16.8 Å². The molecule has 95 valence electrons. The first-order valence-electron chi connectivity index (χ1n) is 5.73. The van der Waals surface area contributed by atoms with Gasteiger partial charge < -0.3 is 4.57 Å². The van der Waals surface area contributed by atoms with Crippen molar-refractivity contribution in [1.82, 2.24) is 9.55 Å². The molecule has 2 aromatic rings. The zero-order valence-corrected chi connectivity index (χ0v) is 10.4. The number of halogens is 3. The second-order valence-electron chi connectivity index (χ2n) is 4.43. The summed E-state index contributed by atoms with van der Waals surface area (Å²) in [5.74, 6) is -0.833. The summed E-state index contributed by atoms with van der Waals surface area (Å²) >= 11 is 0. The number of nitrogens with zero attached hydrogens (tertiary/aromatic N) is 2. The summed E-state index contributed by atoms with van der Waals surface area (Å²) in [5, 5.41) is 0. The normalized spacial score (nSPS) is 12.4. The van der Waals surface area contributed by atoms with Crippen LogP contribution in [0, 0.1) is 0 Å². The first-order valence-corrected chi connectivity index (χ1v) is 5.73. The molecule has 6 heteroatoms. The fourth-order valence-corrected chi connectivity index (χ4v) is 2.01. The molecular formula is C12H13BF3N2. The monoisotopic (exact) mass is 253 g/mol. The zero-order chi connectivity index (χ0) is 13.5. The first-order chi connectivity index (χ1) is 8.34. The van der Waals surface area contributed by atoms with Crippen molar-refractivity contribution in [3.63, 3.8) is 0 Å². The summed E-state index contributed by atoms with van der Waals surface area (Å²) in [6.07, 6.45) is -4.43. The Kier molecular flexibility index (Phi) is 3.13. The van der Waals surface area contributed by atoms with E-state index in [0.717, 1.165) is 5.46 Å². The van der Waals surface area contributed by atoms with Gasteiger partial charge in [-0.15, -0.1) is 0 Å². The number of benzene rings is 1. The molecule has 0 aliphatic carbocycles. The van der Waals surface area contributed by atoms with E-state index in [1.807, 2.05) is 14.1 Å². The van der Waals surface area contributed by atoms with Gasteiger partial charge in [0.1, 0.15) is 7.28 Å². The predicted molar refractivity (Wildman–Crippen MR) is 66.4 cm³/mol. The van der Waals surface area contributed by atoms with E-state index in [1.54, 1.807) is 32.0 Å². The topological polar surface area (TPSA) is 17.8 Å². The second kappa shape index (κ2) is 4.33. The van der Waals surface area contributed by atoms with Gasteiger partial charge in [0.15, 0.2) is 0 Å². The van der Waals surface area contributed by atoms with Gasteiger partial charge in [-0.05, 0) is 26.0 Å². The van der Waals surface area contributed by atoms with Crippen molar-refractivity contribution in [1.29, 1.82) is 0 Å². The highest BCUT2D eigenvalue weighted by molar-refractivity contribution is 6.52. The minimum Gasteiger partial charge on any atom is -0.318 e. The van der Waals surface area contributed by atoms with Crippen LogP contribution in [0.4, 0.5) is 13.2 Å². The Bertz CT molecular complexity index is 572. The van der Waals surface area contributed by atoms with E-state index in [4.69, 9.17) is 0 Å². The van der Waals surface area contributed by atoms with Crippen LogP contribution in [0.15, 0.2) is 18.2 Å². The van der Waals surface area contributed by atoms with Crippen LogP contribution in [0.1, 0.15) is 25.7 Å². The van der Waals surface area contributed by atoms with Crippen molar-refractivity contribution in [2.75, 3.05) is 0 Å². The third kappa shape index (κ3) is 2.11. The van der Waals surface area contributed by atoms with Crippen LogP contribution in [0.5, 0.6) is 0 Å². The van der Waals surface area contributed by atoms with Gasteiger partial charge in [0.25, 0.3) is 0 Å². The van der Waals surface area contributed by atoms with Crippen LogP contribution in [0.3, 0.4) is 0 Å². The van der Waals surface area contributed by atoms with Crippen molar-refractivity contribution < 1.29 is 13.2 Å². The van der Waals surface area contributed by atoms with E-state index in [1.165, 1.54) is 4.57 Å². The lowest BCUT2D eigenvalue weighted by atomic mass is 9.73. The second-order valence-corrected chi connectivity index (χ2v) is 4.43. The molecule has 0 aliphatic heterocycles. The molecule has 0 aliphatic rings. The third-order valence-corrected chi connectivity index (χ3v) is 2.82. The summed E-state index contributed by atoms with van der Waals surface area (Å²) in [6.45, 7) is 5.29. The maximum Gasteiger partial charge on any atom is 0.449 e. The van der Waals surface area contributed by atoms with Gasteiger partial charge in [0.05, 0.1) is 11.0 Å². The van der Waals surface area contributed by atoms with Gasteiger partial charge in [-0.2, -0.15) is 13.2 Å². The Balaban J connectivity index is 2.77. The SMILES string of the molecule is C[B]c1ccc2nc(C(F)(F)F)n(C(C)C)c2c1. The lowest BCUT2D eigenvalue weighted by molar-refractivity contribution is -0.147. The number of alkyl halides is 3. The highest BCUT2D eigenvalue weighted by atomic mass is 19.4. The molecule has 1 aromatic carbocycles. The van der Waals surface area contributed by atoms with Gasteiger partial charge >= 0.3 is 6.18 Å². The van der Waals surface area contributed by atoms with E-state index in [0.29, 0.717) is 11.0 Å². The Morgan fingerprint density at radius 1 is 1.28 bits per heavy atom. The Hall–Kier alpha value is -1.46. The molecule has 0 fully saturated rings. The molecule has 0 saturated carbocycles. The van der Waals surface area contributed by atoms with E-state index in [2.05, 4.69) is 4.98 Å². The van der Waals surface area contributed by atoms with Crippen LogP contribution in [-0.2, 0) is 6.18 Å². The summed E-state index contributed by atoms with van der Waals surface area (Å²) in [5.41, 5.74) is 1.78. The van der Waals surface area contributed by atoms with E-state index in [-0.39, 0.29) is 6.04 Å². The maximum absolute atomic E-state index is 12.9. The number of hydrogen-bond donors (Lipinski definition) is 0. The molecule has 0 bridgehead atoms. The molecule has 2 nitrogen and oxygen atoms in total. The molecule has 1 radical (unpaired) electrons. The number of hydrogen-bond acceptors (Lipinski definition) is 1. The zero-order valence-electron chi connectivity index (χ0n) is 10.4. The van der Waals surface area contributed by atoms with E-state index >= 15 is 0 Å². The van der Waals surface area contributed by atoms with Crippen LogP contribution in [0.25, 0.3) is 11.0 Å². The third-order valence-electron chi connectivity index (χ3n) is 2.82. The predicted octanol–water partition coefficient (Wildman–Crippen LogP) is 3.01. The van der Waals surface area contributed by atoms with Gasteiger partial charge in [0.2, 0.25) is 5.82 Å². The molecule has 0 amide bonds. The highest BCUT2D eigenvalue weighted by Gasteiger charge is 2.38. The Labute approximate surface area is 104 Å². The van der Waals surface area contributed by atoms with E-state index in [9.17, 15) is 13.2 Å². The van der Waals surface area contributed by atoms with Crippen molar-refractivity contribution >= 4 is 23.8 Å². The number of imidazole rings is 1. The minimum atomic E-state index is -4.43. The molecule has 0 atom stereocenters. The summed E-state index contributed by atoms with van der Waals surface area (Å²) in [7, 11) is 1.85. The molecule has 0 N–H and O–H groups in total. The molecular weight excluding hydrogens is 240 g/mol. The van der Waals surface area contributed by atoms with Crippen molar-refractivity contribution in [2.24, 2.45) is 0 Å². The largest absolute Gasteiger partial charge is 0.449 e. The summed E-state index contributed by atoms with van der Waals surface area (Å²) in [4.78, 5) is 3.70. The first kappa shape index (κ1) is 13.0. The molecule has 0 spiro atoms. The standard InChI is InChI=1S/C12H13BF3N2/c1-7(2)18-10-6-8(13-3)4-5-9(10)17-11(18)12(14,15)16/h4-7H,1-3H3. The van der Waals surface area contributed by atoms with E-state index < -0.39 is 12.0 Å². The minimum absolute atomic E-state index is 0.293. The van der Waals surface area contributed by atoms with Gasteiger partial charge in [-0.25, -0.2) is 4.98 Å². The van der Waals surface area contributed by atoms with Gasteiger partial charge in [-0.1, -0.05) is 18.4 Å². The van der Waals surface area contributed by atoms with Gasteiger partial charge in [-0.3, -0.25) is 0 Å². The van der Waals surface area contributed by atoms with Crippen LogP contribution >= 0.6 is 0 Å². The van der Waals surface area contributed by atoms with Crippen LogP contribution in [0.2, 0.25) is 6.82 Å². The smallest absolute Gasteiger partial charge is 0.318 e. The summed E-state index contributed by atoms with van der Waals surface area (Å²) in [6, 6.07) is 4.83. The molecule has 2 rings (SSSR count). The fourth-order valence-electron chi connectivity index (χ4n) is 2.01. The van der Waals surface area contributed by atoms with Crippen LogP contribution < -0.4 is 5.46 Å². The quantitative estimate of drug-likeness (QED) is 0.752. The molecule has 0 unspecified atom stereocenters. The lowest BCUT2D eigenvalue weighted by Crippen LogP contribution is -2.17. The maximum atomic E-state index is 12.9. The fraction of sp³-hybridized carbons (Fsp3) is 0.417. The molecule has 0 saturated heterocycles. The number of aromatic nitrogens is 2. The Morgan fingerprint density at radius 2 is 1.94 bits per heavy atom. The lowest BCUT2D eigenvalue weighted by Gasteiger charge is -2.14. The molecule has 1 aromatic heterocycles. The number of rotatable bonds is 2. The molecule has 1 heterocycles. The average molecular weight is 253 g/mol. The summed E-state index contributed by atoms with van der Waals surface area (Å²) < 4.78 is 40.1. The van der Waals surface area contributed by atoms with Crippen molar-refractivity contribution in [2.45, 2.75) is 32.9 Å².